The van der Waals surface area contributed by atoms with E-state index in [0.29, 0.717) is 24.2 Å². The van der Waals surface area contributed by atoms with Crippen molar-refractivity contribution in [2.75, 3.05) is 4.43 Å². The molecule has 1 aliphatic heterocycles. The molecule has 3 saturated carbocycles. The van der Waals surface area contributed by atoms with Gasteiger partial charge in [-0.25, -0.2) is 0 Å². The zero-order chi connectivity index (χ0) is 23.1. The van der Waals surface area contributed by atoms with Crippen molar-refractivity contribution in [1.29, 1.82) is 0 Å². The van der Waals surface area contributed by atoms with Gasteiger partial charge in [-0.2, -0.15) is 0 Å². The van der Waals surface area contributed by atoms with Gasteiger partial charge in [0.25, 0.3) is 0 Å². The second-order valence-corrected chi connectivity index (χ2v) is 12.9. The van der Waals surface area contributed by atoms with Crippen LogP contribution in [0.5, 0.6) is 0 Å². The molecule has 0 aromatic carbocycles. The fraction of sp³-hybridized carbons (Fsp3) is 0.852. The van der Waals surface area contributed by atoms with Gasteiger partial charge in [0.05, 0.1) is 17.6 Å². The molecule has 4 nitrogen and oxygen atoms in total. The SMILES string of the molecule is CCCC1CC(C23CC4[C@H](C)CC[C@H]4C4(C=O)CC2C=C(C(C)C)[C@@]34C(=O)O)OC1CI. The molecule has 5 rings (SSSR count). The number of aldehydes is 1. The quantitative estimate of drug-likeness (QED) is 0.184. The fourth-order valence-electron chi connectivity index (χ4n) is 9.83. The lowest BCUT2D eigenvalue weighted by Gasteiger charge is -2.60. The third-order valence-corrected chi connectivity index (χ3v) is 11.6. The molecule has 178 valence electrons. The van der Waals surface area contributed by atoms with Crippen molar-refractivity contribution < 1.29 is 19.4 Å². The third kappa shape index (κ3) is 2.48. The van der Waals surface area contributed by atoms with Crippen molar-refractivity contribution in [2.45, 2.75) is 84.8 Å². The standard InChI is InChI=1S/C27H39IO4/c1-5-6-17-9-23(32-22(17)13-28)26-12-19-16(4)7-8-20(19)25(14-29)11-18(26)10-21(15(2)3)27(25,26)24(30)31/h10,14-20,22-23H,5-9,11-13H2,1-4H3,(H,30,31)/t16-,17?,18?,19?,20-,22?,23?,25?,26?,27+/m1/s1. The zero-order valence-corrected chi connectivity index (χ0v) is 22.1. The van der Waals surface area contributed by atoms with E-state index < -0.39 is 22.2 Å². The summed E-state index contributed by atoms with van der Waals surface area (Å²) in [5.74, 6) is 1.19. The summed E-state index contributed by atoms with van der Waals surface area (Å²) in [6, 6.07) is 0. The number of allylic oxidation sites excluding steroid dienone is 1. The van der Waals surface area contributed by atoms with Crippen molar-refractivity contribution in [3.63, 3.8) is 0 Å². The summed E-state index contributed by atoms with van der Waals surface area (Å²) in [4.78, 5) is 26.8. The van der Waals surface area contributed by atoms with Gasteiger partial charge >= 0.3 is 5.97 Å². The highest BCUT2D eigenvalue weighted by Crippen LogP contribution is 2.84. The number of carboxylic acid groups (broad SMARTS) is 1. The fourth-order valence-corrected chi connectivity index (χ4v) is 10.8. The molecule has 5 heteroatoms. The number of alkyl halides is 1. The molecule has 7 unspecified atom stereocenters. The summed E-state index contributed by atoms with van der Waals surface area (Å²) in [5, 5.41) is 11.2. The number of carbonyl (C=O) groups is 2. The Morgan fingerprint density at radius 1 is 1.34 bits per heavy atom. The van der Waals surface area contributed by atoms with Crippen molar-refractivity contribution in [3.05, 3.63) is 11.6 Å². The molecule has 1 N–H and O–H groups in total. The van der Waals surface area contributed by atoms with Crippen molar-refractivity contribution in [3.8, 4) is 0 Å². The van der Waals surface area contributed by atoms with Crippen LogP contribution < -0.4 is 0 Å². The topological polar surface area (TPSA) is 63.6 Å². The van der Waals surface area contributed by atoms with Gasteiger partial charge in [-0.3, -0.25) is 4.79 Å². The van der Waals surface area contributed by atoms with Gasteiger partial charge in [-0.05, 0) is 67.6 Å². The highest BCUT2D eigenvalue weighted by Gasteiger charge is 2.86. The Hall–Kier alpha value is -0.430. The normalized spacial score (nSPS) is 51.2. The van der Waals surface area contributed by atoms with E-state index in [9.17, 15) is 14.7 Å². The van der Waals surface area contributed by atoms with Crippen molar-refractivity contribution in [1.82, 2.24) is 0 Å². The molecule has 0 amide bonds. The predicted octanol–water partition coefficient (Wildman–Crippen LogP) is 5.92. The molecule has 10 atom stereocenters. The molecule has 1 heterocycles. The molecule has 0 aromatic heterocycles. The van der Waals surface area contributed by atoms with Crippen LogP contribution in [0.25, 0.3) is 0 Å². The summed E-state index contributed by atoms with van der Waals surface area (Å²) in [6.45, 7) is 8.81. The molecule has 0 aromatic rings. The molecule has 32 heavy (non-hydrogen) atoms. The Bertz CT molecular complexity index is 838. The second-order valence-electron chi connectivity index (χ2n) is 12.0. The number of rotatable bonds is 7. The Balaban J connectivity index is 1.72. The second kappa shape index (κ2) is 7.79. The first-order valence-corrected chi connectivity index (χ1v) is 14.4. The summed E-state index contributed by atoms with van der Waals surface area (Å²) in [5.41, 5.74) is -1.34. The first-order chi connectivity index (χ1) is 15.2. The van der Waals surface area contributed by atoms with E-state index >= 15 is 0 Å². The van der Waals surface area contributed by atoms with Gasteiger partial charge < -0.3 is 14.6 Å². The number of halogens is 1. The van der Waals surface area contributed by atoms with Gasteiger partial charge in [0.15, 0.2) is 0 Å². The minimum atomic E-state index is -1.10. The molecule has 0 radical (unpaired) electrons. The first kappa shape index (κ1) is 23.3. The number of carboxylic acids is 1. The van der Waals surface area contributed by atoms with Crippen LogP contribution in [-0.2, 0) is 14.3 Å². The summed E-state index contributed by atoms with van der Waals surface area (Å²) >= 11 is 2.44. The summed E-state index contributed by atoms with van der Waals surface area (Å²) in [7, 11) is 0. The van der Waals surface area contributed by atoms with E-state index in [1.54, 1.807) is 0 Å². The van der Waals surface area contributed by atoms with Gasteiger partial charge in [0, 0.05) is 9.84 Å². The van der Waals surface area contributed by atoms with Gasteiger partial charge in [0.2, 0.25) is 0 Å². The number of hydrogen-bond acceptors (Lipinski definition) is 3. The Labute approximate surface area is 206 Å². The maximum Gasteiger partial charge on any atom is 0.315 e. The van der Waals surface area contributed by atoms with Crippen LogP contribution in [0.4, 0.5) is 0 Å². The van der Waals surface area contributed by atoms with E-state index in [-0.39, 0.29) is 30.0 Å². The summed E-state index contributed by atoms with van der Waals surface area (Å²) < 4.78 is 7.82. The van der Waals surface area contributed by atoms with Crippen LogP contribution in [0.1, 0.15) is 72.6 Å². The molecule has 4 bridgehead atoms. The van der Waals surface area contributed by atoms with Gasteiger partial charge in [-0.15, -0.1) is 0 Å². The van der Waals surface area contributed by atoms with Crippen LogP contribution in [-0.4, -0.2) is 34.0 Å². The smallest absolute Gasteiger partial charge is 0.315 e. The lowest BCUT2D eigenvalue weighted by Crippen LogP contribution is -2.65. The maximum absolute atomic E-state index is 13.6. The Morgan fingerprint density at radius 3 is 2.69 bits per heavy atom. The van der Waals surface area contributed by atoms with Gasteiger partial charge in [0.1, 0.15) is 11.7 Å². The van der Waals surface area contributed by atoms with Crippen molar-refractivity contribution in [2.24, 2.45) is 51.8 Å². The summed E-state index contributed by atoms with van der Waals surface area (Å²) in [6.07, 6.45) is 10.5. The van der Waals surface area contributed by atoms with Crippen LogP contribution in [0, 0.1) is 51.8 Å². The first-order valence-electron chi connectivity index (χ1n) is 12.9. The maximum atomic E-state index is 13.6. The molecular weight excluding hydrogens is 515 g/mol. The Kier molecular flexibility index (Phi) is 5.68. The van der Waals surface area contributed by atoms with E-state index in [0.717, 1.165) is 54.8 Å². The lowest BCUT2D eigenvalue weighted by molar-refractivity contribution is -0.196. The van der Waals surface area contributed by atoms with Crippen molar-refractivity contribution >= 4 is 34.8 Å². The molecule has 0 spiro atoms. The number of carbonyl (C=O) groups excluding carboxylic acids is 1. The van der Waals surface area contributed by atoms with Crippen LogP contribution in [0.15, 0.2) is 11.6 Å². The number of fused-ring (bicyclic) bond motifs is 2. The van der Waals surface area contributed by atoms with E-state index in [4.69, 9.17) is 4.74 Å². The number of ether oxygens (including phenoxy) is 1. The minimum absolute atomic E-state index is 0.0667. The van der Waals surface area contributed by atoms with Crippen LogP contribution in [0.2, 0.25) is 0 Å². The van der Waals surface area contributed by atoms with Gasteiger partial charge in [-0.1, -0.05) is 74.8 Å². The highest BCUT2D eigenvalue weighted by atomic mass is 127. The Morgan fingerprint density at radius 2 is 2.09 bits per heavy atom. The zero-order valence-electron chi connectivity index (χ0n) is 20.0. The lowest BCUT2D eigenvalue weighted by atomic mass is 9.41. The predicted molar refractivity (Wildman–Crippen MR) is 133 cm³/mol. The minimum Gasteiger partial charge on any atom is -0.481 e. The molecular formula is C27H39IO4. The highest BCUT2D eigenvalue weighted by molar-refractivity contribution is 14.1. The monoisotopic (exact) mass is 554 g/mol. The number of hydrogen-bond donors (Lipinski definition) is 1. The third-order valence-electron chi connectivity index (χ3n) is 10.8. The molecule has 4 aliphatic carbocycles. The van der Waals surface area contributed by atoms with E-state index in [1.807, 2.05) is 0 Å². The average molecular weight is 555 g/mol. The van der Waals surface area contributed by atoms with E-state index in [1.165, 1.54) is 0 Å². The average Bonchev–Trinajstić information content (AvgIpc) is 3.46. The molecule has 1 saturated heterocycles. The molecule has 5 aliphatic rings. The van der Waals surface area contributed by atoms with Crippen LogP contribution in [0.3, 0.4) is 0 Å². The molecule has 4 fully saturated rings. The number of aliphatic carboxylic acids is 1. The largest absolute Gasteiger partial charge is 0.481 e. The van der Waals surface area contributed by atoms with E-state index in [2.05, 4.69) is 56.4 Å². The van der Waals surface area contributed by atoms with Crippen LogP contribution >= 0.6 is 22.6 Å².